The Bertz CT molecular complexity index is 788. The van der Waals surface area contributed by atoms with Gasteiger partial charge in [-0.2, -0.15) is 0 Å². The molecule has 0 atom stereocenters. The fraction of sp³-hybridized carbons (Fsp3) is 0.0625. The van der Waals surface area contributed by atoms with Crippen molar-refractivity contribution in [3.63, 3.8) is 0 Å². The van der Waals surface area contributed by atoms with E-state index in [0.717, 1.165) is 5.69 Å². The Hall–Kier alpha value is -2.86. The zero-order valence-electron chi connectivity index (χ0n) is 12.0. The molecule has 1 amide bonds. The molecule has 0 fully saturated rings. The molecule has 6 nitrogen and oxygen atoms in total. The highest BCUT2D eigenvalue weighted by Crippen LogP contribution is 2.16. The molecule has 1 aromatic carbocycles. The van der Waals surface area contributed by atoms with Crippen LogP contribution in [0.2, 0.25) is 5.02 Å². The van der Waals surface area contributed by atoms with E-state index >= 15 is 0 Å². The van der Waals surface area contributed by atoms with Crippen LogP contribution in [0.15, 0.2) is 59.3 Å². The maximum Gasteiger partial charge on any atom is 0.270 e. The number of rotatable bonds is 5. The first-order chi connectivity index (χ1) is 11.2. The summed E-state index contributed by atoms with van der Waals surface area (Å²) in [5.41, 5.74) is 1.05. The fourth-order valence-electron chi connectivity index (χ4n) is 1.88. The number of carbonyl (C=O) groups excluding carboxylic acids is 1. The molecule has 23 heavy (non-hydrogen) atoms. The maximum absolute atomic E-state index is 12.1. The van der Waals surface area contributed by atoms with Gasteiger partial charge in [0.2, 0.25) is 5.95 Å². The molecule has 0 radical (unpaired) electrons. The molecule has 2 N–H and O–H groups in total. The second-order valence-corrected chi connectivity index (χ2v) is 5.10. The minimum atomic E-state index is -0.303. The Labute approximate surface area is 137 Å². The highest BCUT2D eigenvalue weighted by Gasteiger charge is 2.09. The SMILES string of the molecule is O=C(NCc1ccco1)c1ccnc(Nc2ccc(Cl)cc2)n1. The second-order valence-electron chi connectivity index (χ2n) is 4.66. The minimum absolute atomic E-state index is 0.267. The summed E-state index contributed by atoms with van der Waals surface area (Å²) in [6, 6.07) is 12.2. The van der Waals surface area contributed by atoms with Gasteiger partial charge in [0.25, 0.3) is 5.91 Å². The van der Waals surface area contributed by atoms with Crippen molar-refractivity contribution in [2.24, 2.45) is 0 Å². The van der Waals surface area contributed by atoms with Crippen molar-refractivity contribution in [3.05, 3.63) is 71.4 Å². The van der Waals surface area contributed by atoms with E-state index in [9.17, 15) is 4.79 Å². The van der Waals surface area contributed by atoms with Crippen molar-refractivity contribution in [1.29, 1.82) is 0 Å². The van der Waals surface area contributed by atoms with E-state index in [1.165, 1.54) is 6.20 Å². The van der Waals surface area contributed by atoms with Crippen LogP contribution >= 0.6 is 11.6 Å². The minimum Gasteiger partial charge on any atom is -0.467 e. The largest absolute Gasteiger partial charge is 0.467 e. The summed E-state index contributed by atoms with van der Waals surface area (Å²) in [5.74, 6) is 0.702. The van der Waals surface area contributed by atoms with Crippen LogP contribution in [0.25, 0.3) is 0 Å². The topological polar surface area (TPSA) is 80.0 Å². The van der Waals surface area contributed by atoms with Crippen LogP contribution < -0.4 is 10.6 Å². The van der Waals surface area contributed by atoms with Crippen LogP contribution in [0.1, 0.15) is 16.2 Å². The molecular formula is C16H13ClN4O2. The summed E-state index contributed by atoms with van der Waals surface area (Å²) in [7, 11) is 0. The number of benzene rings is 1. The van der Waals surface area contributed by atoms with E-state index in [1.54, 1.807) is 48.7 Å². The summed E-state index contributed by atoms with van der Waals surface area (Å²) < 4.78 is 5.16. The molecule has 7 heteroatoms. The molecule has 0 bridgehead atoms. The Kier molecular flexibility index (Phi) is 4.54. The van der Waals surface area contributed by atoms with Gasteiger partial charge in [-0.1, -0.05) is 11.6 Å². The summed E-state index contributed by atoms with van der Waals surface area (Å²) in [6.45, 7) is 0.301. The molecule has 0 aliphatic rings. The molecule has 2 heterocycles. The molecule has 3 rings (SSSR count). The second kappa shape index (κ2) is 6.93. The van der Waals surface area contributed by atoms with Crippen LogP contribution in [0.5, 0.6) is 0 Å². The first-order valence-electron chi connectivity index (χ1n) is 6.87. The highest BCUT2D eigenvalue weighted by molar-refractivity contribution is 6.30. The summed E-state index contributed by atoms with van der Waals surface area (Å²) in [4.78, 5) is 20.4. The monoisotopic (exact) mass is 328 g/mol. The first-order valence-corrected chi connectivity index (χ1v) is 7.25. The molecule has 0 aliphatic carbocycles. The van der Waals surface area contributed by atoms with Crippen molar-refractivity contribution >= 4 is 29.1 Å². The third-order valence-electron chi connectivity index (χ3n) is 2.99. The lowest BCUT2D eigenvalue weighted by Crippen LogP contribution is -2.23. The van der Waals surface area contributed by atoms with Crippen molar-refractivity contribution in [3.8, 4) is 0 Å². The Morgan fingerprint density at radius 2 is 2.00 bits per heavy atom. The van der Waals surface area contributed by atoms with Crippen molar-refractivity contribution in [2.75, 3.05) is 5.32 Å². The lowest BCUT2D eigenvalue weighted by atomic mass is 10.3. The average molecular weight is 329 g/mol. The number of hydrogen-bond acceptors (Lipinski definition) is 5. The van der Waals surface area contributed by atoms with E-state index < -0.39 is 0 Å². The number of carbonyl (C=O) groups is 1. The normalized spacial score (nSPS) is 10.3. The number of aromatic nitrogens is 2. The molecule has 2 aromatic heterocycles. The molecule has 0 aliphatic heterocycles. The zero-order chi connectivity index (χ0) is 16.1. The smallest absolute Gasteiger partial charge is 0.270 e. The standard InChI is InChI=1S/C16H13ClN4O2/c17-11-3-5-12(6-4-11)20-16-18-8-7-14(21-16)15(22)19-10-13-2-1-9-23-13/h1-9H,10H2,(H,19,22)(H,18,20,21). The number of furan rings is 1. The van der Waals surface area contributed by atoms with Gasteiger partial charge in [-0.25, -0.2) is 9.97 Å². The lowest BCUT2D eigenvalue weighted by molar-refractivity contribution is 0.0943. The van der Waals surface area contributed by atoms with Crippen molar-refractivity contribution in [1.82, 2.24) is 15.3 Å². The van der Waals surface area contributed by atoms with Gasteiger partial charge in [0.15, 0.2) is 0 Å². The Morgan fingerprint density at radius 3 is 2.74 bits per heavy atom. The summed E-state index contributed by atoms with van der Waals surface area (Å²) in [6.07, 6.45) is 3.08. The van der Waals surface area contributed by atoms with Crippen LogP contribution in [-0.4, -0.2) is 15.9 Å². The summed E-state index contributed by atoms with van der Waals surface area (Å²) in [5, 5.41) is 6.39. The molecule has 0 spiro atoms. The number of nitrogens with one attached hydrogen (secondary N) is 2. The molecule has 0 saturated carbocycles. The predicted octanol–water partition coefficient (Wildman–Crippen LogP) is 3.40. The van der Waals surface area contributed by atoms with Gasteiger partial charge in [-0.3, -0.25) is 4.79 Å². The first kappa shape index (κ1) is 15.1. The number of anilines is 2. The lowest BCUT2D eigenvalue weighted by Gasteiger charge is -2.07. The van der Waals surface area contributed by atoms with Crippen LogP contribution in [0, 0.1) is 0 Å². The quantitative estimate of drug-likeness (QED) is 0.750. The molecular weight excluding hydrogens is 316 g/mol. The van der Waals surface area contributed by atoms with Crippen LogP contribution in [0.4, 0.5) is 11.6 Å². The van der Waals surface area contributed by atoms with Gasteiger partial charge in [0.1, 0.15) is 11.5 Å². The fourth-order valence-corrected chi connectivity index (χ4v) is 2.00. The molecule has 0 saturated heterocycles. The molecule has 0 unspecified atom stereocenters. The van der Waals surface area contributed by atoms with Gasteiger partial charge < -0.3 is 15.1 Å². The van der Waals surface area contributed by atoms with E-state index in [4.69, 9.17) is 16.0 Å². The van der Waals surface area contributed by atoms with E-state index in [2.05, 4.69) is 20.6 Å². The Morgan fingerprint density at radius 1 is 1.17 bits per heavy atom. The van der Waals surface area contributed by atoms with E-state index in [1.807, 2.05) is 0 Å². The Balaban J connectivity index is 1.66. The van der Waals surface area contributed by atoms with Gasteiger partial charge in [-0.05, 0) is 42.5 Å². The molecule has 116 valence electrons. The average Bonchev–Trinajstić information content (AvgIpc) is 3.08. The zero-order valence-corrected chi connectivity index (χ0v) is 12.7. The molecule has 3 aromatic rings. The van der Waals surface area contributed by atoms with Crippen LogP contribution in [-0.2, 0) is 6.54 Å². The van der Waals surface area contributed by atoms with Gasteiger partial charge in [0.05, 0.1) is 12.8 Å². The van der Waals surface area contributed by atoms with E-state index in [0.29, 0.717) is 23.3 Å². The number of hydrogen-bond donors (Lipinski definition) is 2. The van der Waals surface area contributed by atoms with Crippen molar-refractivity contribution in [2.45, 2.75) is 6.54 Å². The van der Waals surface area contributed by atoms with Crippen molar-refractivity contribution < 1.29 is 9.21 Å². The predicted molar refractivity (Wildman–Crippen MR) is 86.6 cm³/mol. The van der Waals surface area contributed by atoms with E-state index in [-0.39, 0.29) is 11.6 Å². The summed E-state index contributed by atoms with van der Waals surface area (Å²) >= 11 is 5.84. The van der Waals surface area contributed by atoms with Gasteiger partial charge in [0, 0.05) is 16.9 Å². The van der Waals surface area contributed by atoms with Gasteiger partial charge >= 0.3 is 0 Å². The number of amides is 1. The van der Waals surface area contributed by atoms with Gasteiger partial charge in [-0.15, -0.1) is 0 Å². The third kappa shape index (κ3) is 4.08. The highest BCUT2D eigenvalue weighted by atomic mass is 35.5. The number of nitrogens with zero attached hydrogens (tertiary/aromatic N) is 2. The number of halogens is 1. The maximum atomic E-state index is 12.1. The third-order valence-corrected chi connectivity index (χ3v) is 3.24. The van der Waals surface area contributed by atoms with Crippen LogP contribution in [0.3, 0.4) is 0 Å².